The van der Waals surface area contributed by atoms with Crippen molar-refractivity contribution in [2.24, 2.45) is 0 Å². The van der Waals surface area contributed by atoms with E-state index in [0.29, 0.717) is 0 Å². The van der Waals surface area contributed by atoms with Crippen molar-refractivity contribution in [3.8, 4) is 0 Å². The van der Waals surface area contributed by atoms with Crippen LogP contribution in [0.2, 0.25) is 10.0 Å². The van der Waals surface area contributed by atoms with Crippen LogP contribution in [0.4, 0.5) is 5.69 Å². The quantitative estimate of drug-likeness (QED) is 0.431. The molecular formula is C26H27Cl2N3O4S. The smallest absolute Gasteiger partial charge is 0.264 e. The number of anilines is 1. The summed E-state index contributed by atoms with van der Waals surface area (Å²) in [6.07, 6.45) is 0. The van der Waals surface area contributed by atoms with Crippen LogP contribution in [0, 0.1) is 0 Å². The molecule has 1 aliphatic heterocycles. The van der Waals surface area contributed by atoms with Crippen molar-refractivity contribution in [2.75, 3.05) is 37.2 Å². The lowest BCUT2D eigenvalue weighted by atomic mass is 10.1. The van der Waals surface area contributed by atoms with Crippen LogP contribution < -0.4 is 9.62 Å². The van der Waals surface area contributed by atoms with E-state index in [1.165, 1.54) is 18.2 Å². The molecule has 0 bridgehead atoms. The molecule has 0 radical (unpaired) electrons. The number of benzene rings is 3. The molecule has 3 aromatic rings. The van der Waals surface area contributed by atoms with Gasteiger partial charge in [-0.2, -0.15) is 0 Å². The number of nitrogens with zero attached hydrogens (tertiary/aromatic N) is 2. The predicted octanol–water partition coefficient (Wildman–Crippen LogP) is 4.34. The number of amides is 1. The largest absolute Gasteiger partial charge is 0.379 e. The molecule has 1 N–H and O–H groups in total. The van der Waals surface area contributed by atoms with E-state index >= 15 is 0 Å². The van der Waals surface area contributed by atoms with Crippen LogP contribution in [0.5, 0.6) is 0 Å². The molecule has 0 spiro atoms. The fraction of sp³-hybridized carbons (Fsp3) is 0.269. The molecule has 190 valence electrons. The van der Waals surface area contributed by atoms with Crippen molar-refractivity contribution in [3.63, 3.8) is 0 Å². The molecule has 0 unspecified atom stereocenters. The number of sulfonamides is 1. The molecular weight excluding hydrogens is 521 g/mol. The fourth-order valence-electron chi connectivity index (χ4n) is 3.95. The van der Waals surface area contributed by atoms with Gasteiger partial charge in [0.15, 0.2) is 0 Å². The minimum atomic E-state index is -4.08. The number of carbonyl (C=O) groups excluding carboxylic acids is 1. The Hall–Kier alpha value is -2.62. The van der Waals surface area contributed by atoms with E-state index in [0.717, 1.165) is 48.3 Å². The number of nitrogens with one attached hydrogen (secondary N) is 1. The van der Waals surface area contributed by atoms with Gasteiger partial charge in [0.2, 0.25) is 5.91 Å². The molecule has 3 aromatic carbocycles. The van der Waals surface area contributed by atoms with Crippen LogP contribution in [-0.4, -0.2) is 52.1 Å². The Labute approximate surface area is 221 Å². The van der Waals surface area contributed by atoms with Crippen molar-refractivity contribution >= 4 is 44.8 Å². The van der Waals surface area contributed by atoms with Crippen molar-refractivity contribution in [3.05, 3.63) is 94.0 Å². The lowest BCUT2D eigenvalue weighted by molar-refractivity contribution is -0.119. The summed E-state index contributed by atoms with van der Waals surface area (Å²) >= 11 is 12.5. The lowest BCUT2D eigenvalue weighted by Crippen LogP contribution is -2.40. The third-order valence-electron chi connectivity index (χ3n) is 5.81. The van der Waals surface area contributed by atoms with Gasteiger partial charge in [-0.3, -0.25) is 14.0 Å². The third-order valence-corrected chi connectivity index (χ3v) is 8.39. The SMILES string of the molecule is O=C(CN(c1cccc(Cl)c1Cl)S(=O)(=O)c1ccccc1)NCc1cccc(CN2CCOCC2)c1. The topological polar surface area (TPSA) is 79.0 Å². The van der Waals surface area contributed by atoms with Gasteiger partial charge in [0.1, 0.15) is 6.54 Å². The molecule has 1 aliphatic rings. The van der Waals surface area contributed by atoms with Gasteiger partial charge in [0.25, 0.3) is 10.0 Å². The Morgan fingerprint density at radius 3 is 2.39 bits per heavy atom. The average Bonchev–Trinajstić information content (AvgIpc) is 2.89. The number of ether oxygens (including phenoxy) is 1. The van der Waals surface area contributed by atoms with Gasteiger partial charge in [0, 0.05) is 26.2 Å². The molecule has 0 atom stereocenters. The summed E-state index contributed by atoms with van der Waals surface area (Å²) in [6.45, 7) is 3.85. The van der Waals surface area contributed by atoms with Gasteiger partial charge in [-0.1, -0.05) is 71.7 Å². The zero-order valence-electron chi connectivity index (χ0n) is 19.6. The van der Waals surface area contributed by atoms with E-state index in [-0.39, 0.29) is 27.2 Å². The highest BCUT2D eigenvalue weighted by Gasteiger charge is 2.29. The Morgan fingerprint density at radius 1 is 0.944 bits per heavy atom. The van der Waals surface area contributed by atoms with E-state index < -0.39 is 22.5 Å². The maximum Gasteiger partial charge on any atom is 0.264 e. The van der Waals surface area contributed by atoms with Crippen LogP contribution in [0.25, 0.3) is 0 Å². The Bertz CT molecular complexity index is 1300. The van der Waals surface area contributed by atoms with E-state index in [2.05, 4.69) is 16.3 Å². The van der Waals surface area contributed by atoms with Gasteiger partial charge in [-0.15, -0.1) is 0 Å². The van der Waals surface area contributed by atoms with Crippen LogP contribution in [0.15, 0.2) is 77.7 Å². The number of halogens is 2. The zero-order chi connectivity index (χ0) is 25.5. The van der Waals surface area contributed by atoms with Crippen LogP contribution >= 0.6 is 23.2 Å². The summed E-state index contributed by atoms with van der Waals surface area (Å²) in [7, 11) is -4.08. The van der Waals surface area contributed by atoms with Crippen LogP contribution in [-0.2, 0) is 32.6 Å². The minimum absolute atomic E-state index is 0.0460. The summed E-state index contributed by atoms with van der Waals surface area (Å²) in [5, 5.41) is 3.09. The van der Waals surface area contributed by atoms with E-state index in [1.807, 2.05) is 18.2 Å². The first-order valence-electron chi connectivity index (χ1n) is 11.5. The van der Waals surface area contributed by atoms with Crippen LogP contribution in [0.3, 0.4) is 0 Å². The summed E-state index contributed by atoms with van der Waals surface area (Å²) in [4.78, 5) is 15.3. The first kappa shape index (κ1) is 26.4. The maximum absolute atomic E-state index is 13.5. The minimum Gasteiger partial charge on any atom is -0.379 e. The second-order valence-electron chi connectivity index (χ2n) is 8.38. The first-order valence-corrected chi connectivity index (χ1v) is 13.7. The molecule has 1 fully saturated rings. The van der Waals surface area contributed by atoms with Gasteiger partial charge in [-0.25, -0.2) is 8.42 Å². The Balaban J connectivity index is 1.49. The number of morpholine rings is 1. The average molecular weight is 548 g/mol. The Kier molecular flexibility index (Phi) is 8.87. The van der Waals surface area contributed by atoms with Crippen LogP contribution in [0.1, 0.15) is 11.1 Å². The highest BCUT2D eigenvalue weighted by Crippen LogP contribution is 2.35. The van der Waals surface area contributed by atoms with E-state index in [9.17, 15) is 13.2 Å². The fourth-order valence-corrected chi connectivity index (χ4v) is 5.85. The summed E-state index contributed by atoms with van der Waals surface area (Å²) < 4.78 is 33.3. The van der Waals surface area contributed by atoms with Crippen molar-refractivity contribution in [2.45, 2.75) is 18.0 Å². The van der Waals surface area contributed by atoms with E-state index in [1.54, 1.807) is 30.3 Å². The molecule has 7 nitrogen and oxygen atoms in total. The van der Waals surface area contributed by atoms with Crippen molar-refractivity contribution in [1.29, 1.82) is 0 Å². The molecule has 10 heteroatoms. The van der Waals surface area contributed by atoms with Crippen molar-refractivity contribution < 1.29 is 17.9 Å². The highest BCUT2D eigenvalue weighted by molar-refractivity contribution is 7.92. The summed E-state index contributed by atoms with van der Waals surface area (Å²) in [6, 6.07) is 20.6. The molecule has 1 heterocycles. The van der Waals surface area contributed by atoms with E-state index in [4.69, 9.17) is 27.9 Å². The molecule has 1 saturated heterocycles. The first-order chi connectivity index (χ1) is 17.3. The third kappa shape index (κ3) is 6.57. The number of carbonyl (C=O) groups is 1. The second kappa shape index (κ2) is 12.1. The number of hydrogen-bond donors (Lipinski definition) is 1. The number of rotatable bonds is 9. The van der Waals surface area contributed by atoms with Gasteiger partial charge < -0.3 is 10.1 Å². The molecule has 36 heavy (non-hydrogen) atoms. The van der Waals surface area contributed by atoms with Gasteiger partial charge in [-0.05, 0) is 35.4 Å². The maximum atomic E-state index is 13.5. The molecule has 0 aromatic heterocycles. The highest BCUT2D eigenvalue weighted by atomic mass is 35.5. The molecule has 0 saturated carbocycles. The molecule has 1 amide bonds. The lowest BCUT2D eigenvalue weighted by Gasteiger charge is -2.26. The predicted molar refractivity (Wildman–Crippen MR) is 142 cm³/mol. The zero-order valence-corrected chi connectivity index (χ0v) is 21.9. The standard InChI is InChI=1S/C26H27Cl2N3O4S/c27-23-10-5-11-24(26(23)28)31(36(33,34)22-8-2-1-3-9-22)19-25(32)29-17-20-6-4-7-21(16-20)18-30-12-14-35-15-13-30/h1-11,16H,12-15,17-19H2,(H,29,32). The summed E-state index contributed by atoms with van der Waals surface area (Å²) in [5.74, 6) is -0.468. The monoisotopic (exact) mass is 547 g/mol. The van der Waals surface area contributed by atoms with Gasteiger partial charge in [0.05, 0.1) is 33.8 Å². The molecule has 0 aliphatic carbocycles. The number of hydrogen-bond acceptors (Lipinski definition) is 5. The van der Waals surface area contributed by atoms with Crippen molar-refractivity contribution in [1.82, 2.24) is 10.2 Å². The summed E-state index contributed by atoms with van der Waals surface area (Å²) in [5.41, 5.74) is 2.20. The van der Waals surface area contributed by atoms with Gasteiger partial charge >= 0.3 is 0 Å². The molecule has 4 rings (SSSR count). The second-order valence-corrected chi connectivity index (χ2v) is 11.0. The Morgan fingerprint density at radius 2 is 1.64 bits per heavy atom. The normalized spacial score (nSPS) is 14.4.